The average Bonchev–Trinajstić information content (AvgIpc) is 2.55. The van der Waals surface area contributed by atoms with Crippen LogP contribution in [0.3, 0.4) is 0 Å². The molecule has 1 N–H and O–H groups in total. The number of fused-ring (bicyclic) bond motifs is 3. The van der Waals surface area contributed by atoms with E-state index in [1.807, 2.05) is 6.08 Å². The molecule has 24 heavy (non-hydrogen) atoms. The number of esters is 1. The summed E-state index contributed by atoms with van der Waals surface area (Å²) in [6, 6.07) is 0. The van der Waals surface area contributed by atoms with Gasteiger partial charge in [-0.1, -0.05) is 31.6 Å². The molecule has 0 amide bonds. The fraction of sp³-hybridized carbons (Fsp3) is 0.600. The number of allylic oxidation sites excluding steroid dienone is 5. The third-order valence-corrected chi connectivity index (χ3v) is 6.58. The second-order valence-electron chi connectivity index (χ2n) is 8.01. The lowest BCUT2D eigenvalue weighted by atomic mass is 9.50. The summed E-state index contributed by atoms with van der Waals surface area (Å²) in [4.78, 5) is 24.6. The van der Waals surface area contributed by atoms with E-state index in [2.05, 4.69) is 26.5 Å². The van der Waals surface area contributed by atoms with Gasteiger partial charge in [0.05, 0.1) is 7.11 Å². The number of hydrogen-bond acceptors (Lipinski definition) is 4. The van der Waals surface area contributed by atoms with Crippen LogP contribution in [0.2, 0.25) is 0 Å². The highest BCUT2D eigenvalue weighted by Gasteiger charge is 2.56. The van der Waals surface area contributed by atoms with Crippen LogP contribution in [0.25, 0.3) is 0 Å². The van der Waals surface area contributed by atoms with Crippen LogP contribution in [-0.4, -0.2) is 24.0 Å². The zero-order chi connectivity index (χ0) is 17.7. The molecule has 130 valence electrons. The molecule has 0 aromatic rings. The summed E-state index contributed by atoms with van der Waals surface area (Å²) >= 11 is 0. The number of carbonyl (C=O) groups excluding carboxylic acids is 2. The first-order valence-corrected chi connectivity index (χ1v) is 8.62. The Bertz CT molecular complexity index is 659. The molecule has 4 nitrogen and oxygen atoms in total. The minimum atomic E-state index is -0.907. The van der Waals surface area contributed by atoms with Crippen molar-refractivity contribution in [3.8, 4) is 0 Å². The molecule has 3 rings (SSSR count). The van der Waals surface area contributed by atoms with E-state index < -0.39 is 23.1 Å². The van der Waals surface area contributed by atoms with Crippen LogP contribution in [-0.2, 0) is 14.3 Å². The molecule has 4 heteroatoms. The summed E-state index contributed by atoms with van der Waals surface area (Å²) in [5.41, 5.74) is 1.07. The molecule has 3 aliphatic carbocycles. The Morgan fingerprint density at radius 2 is 2.17 bits per heavy atom. The van der Waals surface area contributed by atoms with E-state index in [4.69, 9.17) is 4.74 Å². The van der Waals surface area contributed by atoms with Crippen molar-refractivity contribution < 1.29 is 19.4 Å². The Morgan fingerprint density at radius 1 is 1.46 bits per heavy atom. The Hall–Kier alpha value is -1.84. The average molecular weight is 330 g/mol. The second-order valence-corrected chi connectivity index (χ2v) is 8.01. The van der Waals surface area contributed by atoms with E-state index >= 15 is 0 Å². The van der Waals surface area contributed by atoms with Crippen LogP contribution in [0.4, 0.5) is 0 Å². The molecule has 0 bridgehead atoms. The Labute approximate surface area is 143 Å². The lowest BCUT2D eigenvalue weighted by molar-refractivity contribution is -0.155. The molecule has 1 saturated carbocycles. The molecule has 5 unspecified atom stereocenters. The molecular weight excluding hydrogens is 304 g/mol. The van der Waals surface area contributed by atoms with Gasteiger partial charge in [0.1, 0.15) is 5.92 Å². The normalized spacial score (nSPS) is 41.5. The molecule has 0 aromatic carbocycles. The third-order valence-electron chi connectivity index (χ3n) is 6.58. The van der Waals surface area contributed by atoms with Gasteiger partial charge in [0.25, 0.3) is 0 Å². The molecule has 3 aliphatic rings. The Balaban J connectivity index is 2.04. The molecule has 0 spiro atoms. The molecule has 1 fully saturated rings. The van der Waals surface area contributed by atoms with Gasteiger partial charge in [-0.2, -0.15) is 0 Å². The summed E-state index contributed by atoms with van der Waals surface area (Å²) in [7, 11) is 1.29. The molecule has 0 heterocycles. The Morgan fingerprint density at radius 3 is 2.79 bits per heavy atom. The van der Waals surface area contributed by atoms with E-state index in [1.165, 1.54) is 12.7 Å². The van der Waals surface area contributed by atoms with Crippen molar-refractivity contribution in [3.63, 3.8) is 0 Å². The number of hydrogen-bond donors (Lipinski definition) is 1. The number of carbonyl (C=O) groups is 2. The smallest absolute Gasteiger partial charge is 0.317 e. The van der Waals surface area contributed by atoms with Gasteiger partial charge >= 0.3 is 5.97 Å². The van der Waals surface area contributed by atoms with E-state index in [1.54, 1.807) is 6.08 Å². The van der Waals surface area contributed by atoms with Crippen molar-refractivity contribution in [2.75, 3.05) is 7.11 Å². The second kappa shape index (κ2) is 5.61. The van der Waals surface area contributed by atoms with Crippen LogP contribution in [0.5, 0.6) is 0 Å². The fourth-order valence-electron chi connectivity index (χ4n) is 5.04. The Kier molecular flexibility index (Phi) is 3.97. The highest BCUT2D eigenvalue weighted by Crippen LogP contribution is 2.59. The van der Waals surface area contributed by atoms with Crippen molar-refractivity contribution in [2.45, 2.75) is 39.5 Å². The lowest BCUT2D eigenvalue weighted by Gasteiger charge is -2.53. The van der Waals surface area contributed by atoms with Crippen molar-refractivity contribution in [3.05, 3.63) is 36.1 Å². The summed E-state index contributed by atoms with van der Waals surface area (Å²) in [6.07, 6.45) is 9.54. The lowest BCUT2D eigenvalue weighted by Crippen LogP contribution is -2.51. The minimum Gasteiger partial charge on any atom is -0.505 e. The standard InChI is InChI=1S/C20H26O4/c1-5-19(2)9-8-13-12(10-19)6-7-14-16(18(23)24-4)17(22)15(21)11-20(13,14)3/h5-6,11,13-14,16,21H,1,7-10H2,2-4H3. The molecule has 0 aromatic heterocycles. The fourth-order valence-corrected chi connectivity index (χ4v) is 5.04. The largest absolute Gasteiger partial charge is 0.505 e. The van der Waals surface area contributed by atoms with Gasteiger partial charge in [-0.15, -0.1) is 6.58 Å². The number of rotatable bonds is 2. The maximum Gasteiger partial charge on any atom is 0.317 e. The number of ether oxygens (including phenoxy) is 1. The highest BCUT2D eigenvalue weighted by molar-refractivity contribution is 6.08. The maximum absolute atomic E-state index is 12.4. The van der Waals surface area contributed by atoms with Crippen LogP contribution in [0.1, 0.15) is 39.5 Å². The number of Topliss-reactive ketones (excluding diaryl/α,β-unsaturated/α-hetero) is 1. The van der Waals surface area contributed by atoms with Gasteiger partial charge in [0, 0.05) is 5.41 Å². The summed E-state index contributed by atoms with van der Waals surface area (Å²) in [6.45, 7) is 8.27. The van der Waals surface area contributed by atoms with Gasteiger partial charge in [0.2, 0.25) is 5.78 Å². The molecule has 5 atom stereocenters. The van der Waals surface area contributed by atoms with Gasteiger partial charge in [0.15, 0.2) is 5.76 Å². The SMILES string of the molecule is C=CC1(C)CCC2C(=CCC3C(C(=O)OC)C(=O)C(O)=CC23C)C1. The van der Waals surface area contributed by atoms with Crippen LogP contribution >= 0.6 is 0 Å². The van der Waals surface area contributed by atoms with Crippen molar-refractivity contribution >= 4 is 11.8 Å². The molecule has 0 saturated heterocycles. The number of ketones is 1. The van der Waals surface area contributed by atoms with E-state index in [-0.39, 0.29) is 23.0 Å². The number of aliphatic hydroxyl groups is 1. The number of aliphatic hydroxyl groups excluding tert-OH is 1. The van der Waals surface area contributed by atoms with Crippen molar-refractivity contribution in [1.29, 1.82) is 0 Å². The first-order chi connectivity index (χ1) is 11.3. The van der Waals surface area contributed by atoms with Crippen LogP contribution in [0.15, 0.2) is 36.1 Å². The molecule has 0 aliphatic heterocycles. The zero-order valence-corrected chi connectivity index (χ0v) is 14.7. The van der Waals surface area contributed by atoms with Gasteiger partial charge in [-0.3, -0.25) is 9.59 Å². The third kappa shape index (κ3) is 2.35. The first-order valence-electron chi connectivity index (χ1n) is 8.62. The molecule has 0 radical (unpaired) electrons. The number of methoxy groups -OCH3 is 1. The summed E-state index contributed by atoms with van der Waals surface area (Å²) in [5, 5.41) is 10.2. The zero-order valence-electron chi connectivity index (χ0n) is 14.7. The highest BCUT2D eigenvalue weighted by atomic mass is 16.5. The van der Waals surface area contributed by atoms with Crippen LogP contribution in [0, 0.1) is 28.6 Å². The van der Waals surface area contributed by atoms with Gasteiger partial charge < -0.3 is 9.84 Å². The predicted molar refractivity (Wildman–Crippen MR) is 91.2 cm³/mol. The summed E-state index contributed by atoms with van der Waals surface area (Å²) in [5.74, 6) is -2.16. The molecular formula is C20H26O4. The predicted octanol–water partition coefficient (Wildman–Crippen LogP) is 3.75. The van der Waals surface area contributed by atoms with Crippen LogP contribution < -0.4 is 0 Å². The van der Waals surface area contributed by atoms with E-state index in [0.29, 0.717) is 6.42 Å². The maximum atomic E-state index is 12.4. The van der Waals surface area contributed by atoms with Gasteiger partial charge in [-0.25, -0.2) is 0 Å². The van der Waals surface area contributed by atoms with E-state index in [9.17, 15) is 14.7 Å². The quantitative estimate of drug-likeness (QED) is 0.476. The monoisotopic (exact) mass is 330 g/mol. The first kappa shape index (κ1) is 17.0. The topological polar surface area (TPSA) is 63.6 Å². The van der Waals surface area contributed by atoms with Gasteiger partial charge in [-0.05, 0) is 49.0 Å². The summed E-state index contributed by atoms with van der Waals surface area (Å²) < 4.78 is 4.86. The van der Waals surface area contributed by atoms with Crippen molar-refractivity contribution in [2.24, 2.45) is 28.6 Å². The van der Waals surface area contributed by atoms with Crippen molar-refractivity contribution in [1.82, 2.24) is 0 Å². The van der Waals surface area contributed by atoms with E-state index in [0.717, 1.165) is 19.3 Å². The minimum absolute atomic E-state index is 0.101.